The number of benzene rings is 1. The van der Waals surface area contributed by atoms with Gasteiger partial charge in [0.2, 0.25) is 0 Å². The maximum absolute atomic E-state index is 11.9. The van der Waals surface area contributed by atoms with Gasteiger partial charge in [0.05, 0.1) is 5.69 Å². The fourth-order valence-electron chi connectivity index (χ4n) is 2.17. The number of nitrogens with zero attached hydrogens (tertiary/aromatic N) is 2. The van der Waals surface area contributed by atoms with Crippen LogP contribution in [-0.2, 0) is 13.5 Å². The Hall–Kier alpha value is -2.10. The summed E-state index contributed by atoms with van der Waals surface area (Å²) in [6.45, 7) is 4.68. The first-order valence-corrected chi connectivity index (χ1v) is 6.42. The molecular formula is C15H19N3O. The van der Waals surface area contributed by atoms with Crippen LogP contribution >= 0.6 is 0 Å². The van der Waals surface area contributed by atoms with Gasteiger partial charge < -0.3 is 5.32 Å². The molecule has 2 rings (SSSR count). The first-order chi connectivity index (χ1) is 9.09. The zero-order chi connectivity index (χ0) is 13.8. The Morgan fingerprint density at radius 1 is 1.26 bits per heavy atom. The van der Waals surface area contributed by atoms with Crippen molar-refractivity contribution in [3.05, 3.63) is 52.8 Å². The molecule has 0 unspecified atom stereocenters. The number of aromatic nitrogens is 2. The predicted octanol–water partition coefficient (Wildman–Crippen LogP) is 2.01. The van der Waals surface area contributed by atoms with E-state index in [1.807, 2.05) is 55.9 Å². The number of carbonyl (C=O) groups is 1. The van der Waals surface area contributed by atoms with Crippen LogP contribution in [0.1, 0.15) is 27.3 Å². The molecule has 1 aromatic heterocycles. The zero-order valence-corrected chi connectivity index (χ0v) is 11.6. The van der Waals surface area contributed by atoms with Crippen LogP contribution in [0.25, 0.3) is 0 Å². The molecule has 19 heavy (non-hydrogen) atoms. The molecule has 2 aromatic rings. The van der Waals surface area contributed by atoms with Crippen LogP contribution in [0.4, 0.5) is 0 Å². The van der Waals surface area contributed by atoms with Crippen molar-refractivity contribution in [3.63, 3.8) is 0 Å². The fourth-order valence-corrected chi connectivity index (χ4v) is 2.17. The second-order valence-corrected chi connectivity index (χ2v) is 4.64. The van der Waals surface area contributed by atoms with Gasteiger partial charge in [-0.1, -0.05) is 18.2 Å². The standard InChI is InChI=1S/C15H19N3O/c1-11-14(12(2)18(3)17-11)9-10-16-15(19)13-7-5-4-6-8-13/h4-8H,9-10H2,1-3H3,(H,16,19). The number of hydrogen-bond acceptors (Lipinski definition) is 2. The monoisotopic (exact) mass is 257 g/mol. The molecule has 100 valence electrons. The molecule has 4 nitrogen and oxygen atoms in total. The lowest BCUT2D eigenvalue weighted by molar-refractivity contribution is 0.0954. The molecule has 0 saturated carbocycles. The van der Waals surface area contributed by atoms with Gasteiger partial charge in [-0.05, 0) is 38.0 Å². The third kappa shape index (κ3) is 3.02. The lowest BCUT2D eigenvalue weighted by Gasteiger charge is -2.05. The molecule has 1 N–H and O–H groups in total. The molecule has 4 heteroatoms. The van der Waals surface area contributed by atoms with Gasteiger partial charge in [0.25, 0.3) is 5.91 Å². The number of rotatable bonds is 4. The van der Waals surface area contributed by atoms with E-state index in [1.54, 1.807) is 0 Å². The molecule has 0 radical (unpaired) electrons. The summed E-state index contributed by atoms with van der Waals surface area (Å²) in [6.07, 6.45) is 0.810. The van der Waals surface area contributed by atoms with Crippen LogP contribution in [-0.4, -0.2) is 22.2 Å². The molecule has 0 aliphatic heterocycles. The average molecular weight is 257 g/mol. The zero-order valence-electron chi connectivity index (χ0n) is 11.6. The topological polar surface area (TPSA) is 46.9 Å². The number of nitrogens with one attached hydrogen (secondary N) is 1. The van der Waals surface area contributed by atoms with E-state index in [9.17, 15) is 4.79 Å². The maximum atomic E-state index is 11.9. The third-order valence-corrected chi connectivity index (χ3v) is 3.36. The van der Waals surface area contributed by atoms with E-state index in [-0.39, 0.29) is 5.91 Å². The molecule has 0 bridgehead atoms. The van der Waals surface area contributed by atoms with Crippen molar-refractivity contribution < 1.29 is 4.79 Å². The van der Waals surface area contributed by atoms with Gasteiger partial charge in [-0.3, -0.25) is 9.48 Å². The third-order valence-electron chi connectivity index (χ3n) is 3.36. The molecule has 0 saturated heterocycles. The van der Waals surface area contributed by atoms with Gasteiger partial charge in [0, 0.05) is 24.8 Å². The average Bonchev–Trinajstić information content (AvgIpc) is 2.66. The van der Waals surface area contributed by atoms with Crippen LogP contribution in [0.2, 0.25) is 0 Å². The predicted molar refractivity (Wildman–Crippen MR) is 75.2 cm³/mol. The second-order valence-electron chi connectivity index (χ2n) is 4.64. The Morgan fingerprint density at radius 3 is 2.53 bits per heavy atom. The lowest BCUT2D eigenvalue weighted by Crippen LogP contribution is -2.25. The second kappa shape index (κ2) is 5.69. The minimum Gasteiger partial charge on any atom is -0.352 e. The van der Waals surface area contributed by atoms with Gasteiger partial charge in [0.15, 0.2) is 0 Å². The van der Waals surface area contributed by atoms with E-state index in [0.717, 1.165) is 17.8 Å². The summed E-state index contributed by atoms with van der Waals surface area (Å²) in [5.41, 5.74) is 4.11. The normalized spacial score (nSPS) is 10.5. The van der Waals surface area contributed by atoms with E-state index in [4.69, 9.17) is 0 Å². The Labute approximate surface area is 113 Å². The summed E-state index contributed by atoms with van der Waals surface area (Å²) in [5, 5.41) is 7.31. The summed E-state index contributed by atoms with van der Waals surface area (Å²) in [6, 6.07) is 9.26. The Bertz CT molecular complexity index is 573. The smallest absolute Gasteiger partial charge is 0.251 e. The minimum atomic E-state index is -0.0280. The van der Waals surface area contributed by atoms with Gasteiger partial charge >= 0.3 is 0 Å². The number of amides is 1. The van der Waals surface area contributed by atoms with Crippen LogP contribution in [0.15, 0.2) is 30.3 Å². The summed E-state index contributed by atoms with van der Waals surface area (Å²) < 4.78 is 1.88. The van der Waals surface area contributed by atoms with Gasteiger partial charge in [0.1, 0.15) is 0 Å². The summed E-state index contributed by atoms with van der Waals surface area (Å²) in [4.78, 5) is 11.9. The SMILES string of the molecule is Cc1nn(C)c(C)c1CCNC(=O)c1ccccc1. The minimum absolute atomic E-state index is 0.0280. The van der Waals surface area contributed by atoms with E-state index in [1.165, 1.54) is 5.56 Å². The largest absolute Gasteiger partial charge is 0.352 e. The highest BCUT2D eigenvalue weighted by molar-refractivity contribution is 5.94. The highest BCUT2D eigenvalue weighted by Gasteiger charge is 2.10. The molecule has 0 atom stereocenters. The molecule has 1 aromatic carbocycles. The Balaban J connectivity index is 1.92. The van der Waals surface area contributed by atoms with E-state index in [2.05, 4.69) is 10.4 Å². The van der Waals surface area contributed by atoms with Gasteiger partial charge in [-0.2, -0.15) is 5.10 Å². The molecule has 1 amide bonds. The number of hydrogen-bond donors (Lipinski definition) is 1. The summed E-state index contributed by atoms with van der Waals surface area (Å²) in [7, 11) is 1.94. The quantitative estimate of drug-likeness (QED) is 0.910. The van der Waals surface area contributed by atoms with E-state index >= 15 is 0 Å². The highest BCUT2D eigenvalue weighted by Crippen LogP contribution is 2.11. The van der Waals surface area contributed by atoms with Crippen molar-refractivity contribution >= 4 is 5.91 Å². The van der Waals surface area contributed by atoms with Crippen molar-refractivity contribution in [1.29, 1.82) is 0 Å². The van der Waals surface area contributed by atoms with Gasteiger partial charge in [-0.25, -0.2) is 0 Å². The molecule has 0 spiro atoms. The van der Waals surface area contributed by atoms with Crippen LogP contribution in [0, 0.1) is 13.8 Å². The molecule has 0 aliphatic rings. The summed E-state index contributed by atoms with van der Waals surface area (Å²) in [5.74, 6) is -0.0280. The van der Waals surface area contributed by atoms with Crippen LogP contribution < -0.4 is 5.32 Å². The first kappa shape index (κ1) is 13.3. The van der Waals surface area contributed by atoms with E-state index < -0.39 is 0 Å². The molecule has 0 fully saturated rings. The van der Waals surface area contributed by atoms with Crippen molar-refractivity contribution in [2.24, 2.45) is 7.05 Å². The van der Waals surface area contributed by atoms with Crippen molar-refractivity contribution in [3.8, 4) is 0 Å². The number of aryl methyl sites for hydroxylation is 2. The fraction of sp³-hybridized carbons (Fsp3) is 0.333. The molecule has 0 aliphatic carbocycles. The van der Waals surface area contributed by atoms with Crippen LogP contribution in [0.5, 0.6) is 0 Å². The van der Waals surface area contributed by atoms with Crippen molar-refractivity contribution in [1.82, 2.24) is 15.1 Å². The molecule has 1 heterocycles. The first-order valence-electron chi connectivity index (χ1n) is 6.42. The van der Waals surface area contributed by atoms with Gasteiger partial charge in [-0.15, -0.1) is 0 Å². The molecular weight excluding hydrogens is 238 g/mol. The number of carbonyl (C=O) groups excluding carboxylic acids is 1. The van der Waals surface area contributed by atoms with Crippen LogP contribution in [0.3, 0.4) is 0 Å². The Morgan fingerprint density at radius 2 is 1.95 bits per heavy atom. The van der Waals surface area contributed by atoms with E-state index in [0.29, 0.717) is 12.1 Å². The highest BCUT2D eigenvalue weighted by atomic mass is 16.1. The van der Waals surface area contributed by atoms with Crippen molar-refractivity contribution in [2.45, 2.75) is 20.3 Å². The summed E-state index contributed by atoms with van der Waals surface area (Å²) >= 11 is 0. The van der Waals surface area contributed by atoms with Crippen molar-refractivity contribution in [2.75, 3.05) is 6.54 Å². The maximum Gasteiger partial charge on any atom is 0.251 e. The lowest BCUT2D eigenvalue weighted by atomic mass is 10.1. The Kier molecular flexibility index (Phi) is 4.00.